The highest BCUT2D eigenvalue weighted by Crippen LogP contribution is 2.24. The van der Waals surface area contributed by atoms with Gasteiger partial charge in [0, 0.05) is 15.7 Å². The van der Waals surface area contributed by atoms with Crippen molar-refractivity contribution in [1.29, 1.82) is 0 Å². The van der Waals surface area contributed by atoms with Gasteiger partial charge in [-0.15, -0.1) is 0 Å². The van der Waals surface area contributed by atoms with Crippen molar-refractivity contribution >= 4 is 21.6 Å². The maximum absolute atomic E-state index is 13.8. The summed E-state index contributed by atoms with van der Waals surface area (Å²) in [6.07, 6.45) is 0. The van der Waals surface area contributed by atoms with Gasteiger partial charge >= 0.3 is 0 Å². The average molecular weight is 324 g/mol. The minimum atomic E-state index is -0.235. The lowest BCUT2D eigenvalue weighted by molar-refractivity contribution is 0.282. The van der Waals surface area contributed by atoms with Gasteiger partial charge < -0.3 is 10.4 Å². The lowest BCUT2D eigenvalue weighted by Crippen LogP contribution is -2.08. The van der Waals surface area contributed by atoms with Crippen LogP contribution in [0.5, 0.6) is 0 Å². The standard InChI is InChI=1S/C15H15BrFNO/c1-10(14-7-4-12(16)8-15(14)17)18-13-5-2-11(9-19)3-6-13/h2-8,10,18-19H,9H2,1H3. The van der Waals surface area contributed by atoms with E-state index in [9.17, 15) is 4.39 Å². The zero-order chi connectivity index (χ0) is 13.8. The van der Waals surface area contributed by atoms with Gasteiger partial charge in [-0.3, -0.25) is 0 Å². The topological polar surface area (TPSA) is 32.3 Å². The van der Waals surface area contributed by atoms with Crippen molar-refractivity contribution in [3.8, 4) is 0 Å². The van der Waals surface area contributed by atoms with Crippen molar-refractivity contribution in [2.75, 3.05) is 5.32 Å². The van der Waals surface area contributed by atoms with Crippen LogP contribution in [-0.4, -0.2) is 5.11 Å². The lowest BCUT2D eigenvalue weighted by atomic mass is 10.1. The highest BCUT2D eigenvalue weighted by atomic mass is 79.9. The molecule has 2 aromatic carbocycles. The molecule has 0 fully saturated rings. The Labute approximate surface area is 120 Å². The third kappa shape index (κ3) is 3.55. The van der Waals surface area contributed by atoms with Crippen LogP contribution in [0.2, 0.25) is 0 Å². The Balaban J connectivity index is 2.13. The number of nitrogens with one attached hydrogen (secondary N) is 1. The van der Waals surface area contributed by atoms with Gasteiger partial charge in [0.15, 0.2) is 0 Å². The quantitative estimate of drug-likeness (QED) is 0.881. The number of aliphatic hydroxyl groups is 1. The second-order valence-electron chi connectivity index (χ2n) is 4.39. The minimum Gasteiger partial charge on any atom is -0.392 e. The van der Waals surface area contributed by atoms with E-state index in [1.807, 2.05) is 37.3 Å². The molecule has 0 aliphatic carbocycles. The van der Waals surface area contributed by atoms with Crippen LogP contribution in [0.1, 0.15) is 24.1 Å². The smallest absolute Gasteiger partial charge is 0.129 e. The van der Waals surface area contributed by atoms with Gasteiger partial charge in [0.1, 0.15) is 5.82 Å². The largest absolute Gasteiger partial charge is 0.392 e. The van der Waals surface area contributed by atoms with Gasteiger partial charge in [-0.1, -0.05) is 34.1 Å². The first-order valence-electron chi connectivity index (χ1n) is 6.01. The Kier molecular flexibility index (Phi) is 4.56. The number of benzene rings is 2. The molecule has 0 aliphatic heterocycles. The van der Waals surface area contributed by atoms with E-state index in [2.05, 4.69) is 21.2 Å². The maximum atomic E-state index is 13.8. The number of hydrogen-bond acceptors (Lipinski definition) is 2. The Hall–Kier alpha value is -1.39. The molecule has 1 atom stereocenters. The van der Waals surface area contributed by atoms with Crippen molar-refractivity contribution in [2.45, 2.75) is 19.6 Å². The average Bonchev–Trinajstić information content (AvgIpc) is 2.39. The molecule has 0 saturated carbocycles. The second kappa shape index (κ2) is 6.17. The van der Waals surface area contributed by atoms with Crippen LogP contribution in [0, 0.1) is 5.82 Å². The number of halogens is 2. The third-order valence-corrected chi connectivity index (χ3v) is 3.44. The van der Waals surface area contributed by atoms with E-state index in [1.165, 1.54) is 6.07 Å². The Bertz CT molecular complexity index is 557. The molecule has 0 aliphatic rings. The molecule has 0 amide bonds. The molecule has 4 heteroatoms. The van der Waals surface area contributed by atoms with Crippen LogP contribution in [0.3, 0.4) is 0 Å². The first-order chi connectivity index (χ1) is 9.10. The molecule has 0 heterocycles. The van der Waals surface area contributed by atoms with Gasteiger partial charge in [-0.05, 0) is 36.8 Å². The SMILES string of the molecule is CC(Nc1ccc(CO)cc1)c1ccc(Br)cc1F. The number of hydrogen-bond donors (Lipinski definition) is 2. The van der Waals surface area contributed by atoms with Crippen LogP contribution in [0.15, 0.2) is 46.9 Å². The molecule has 1 unspecified atom stereocenters. The molecule has 0 radical (unpaired) electrons. The van der Waals surface area contributed by atoms with Gasteiger partial charge in [0.25, 0.3) is 0 Å². The van der Waals surface area contributed by atoms with E-state index >= 15 is 0 Å². The van der Waals surface area contributed by atoms with E-state index < -0.39 is 0 Å². The molecule has 2 N–H and O–H groups in total. The molecule has 0 spiro atoms. The molecule has 100 valence electrons. The Morgan fingerprint density at radius 1 is 1.21 bits per heavy atom. The Morgan fingerprint density at radius 3 is 2.47 bits per heavy atom. The number of anilines is 1. The fourth-order valence-corrected chi connectivity index (χ4v) is 2.22. The summed E-state index contributed by atoms with van der Waals surface area (Å²) in [6, 6.07) is 12.3. The Morgan fingerprint density at radius 2 is 1.89 bits per heavy atom. The summed E-state index contributed by atoms with van der Waals surface area (Å²) in [6.45, 7) is 1.93. The molecule has 0 aromatic heterocycles. The summed E-state index contributed by atoms with van der Waals surface area (Å²) in [5, 5.41) is 12.2. The number of aliphatic hydroxyl groups excluding tert-OH is 1. The molecule has 2 rings (SSSR count). The van der Waals surface area contributed by atoms with E-state index in [0.717, 1.165) is 15.7 Å². The highest BCUT2D eigenvalue weighted by Gasteiger charge is 2.11. The first kappa shape index (κ1) is 14.0. The van der Waals surface area contributed by atoms with Gasteiger partial charge in [-0.25, -0.2) is 4.39 Å². The maximum Gasteiger partial charge on any atom is 0.129 e. The summed E-state index contributed by atoms with van der Waals surface area (Å²) in [5.41, 5.74) is 2.37. The predicted molar refractivity (Wildman–Crippen MR) is 78.5 cm³/mol. The summed E-state index contributed by atoms with van der Waals surface area (Å²) >= 11 is 3.24. The van der Waals surface area contributed by atoms with Crippen molar-refractivity contribution in [3.05, 3.63) is 63.9 Å². The monoisotopic (exact) mass is 323 g/mol. The van der Waals surface area contributed by atoms with Crippen molar-refractivity contribution < 1.29 is 9.50 Å². The predicted octanol–water partition coefficient (Wildman–Crippen LogP) is 4.25. The summed E-state index contributed by atoms with van der Waals surface area (Å²) < 4.78 is 14.5. The van der Waals surface area contributed by atoms with Gasteiger partial charge in [-0.2, -0.15) is 0 Å². The summed E-state index contributed by atoms with van der Waals surface area (Å²) in [7, 11) is 0. The molecular weight excluding hydrogens is 309 g/mol. The second-order valence-corrected chi connectivity index (χ2v) is 5.30. The van der Waals surface area contributed by atoms with Gasteiger partial charge in [0.2, 0.25) is 0 Å². The molecule has 2 nitrogen and oxygen atoms in total. The summed E-state index contributed by atoms with van der Waals surface area (Å²) in [4.78, 5) is 0. The lowest BCUT2D eigenvalue weighted by Gasteiger charge is -2.16. The van der Waals surface area contributed by atoms with E-state index in [0.29, 0.717) is 5.56 Å². The van der Waals surface area contributed by atoms with Crippen molar-refractivity contribution in [3.63, 3.8) is 0 Å². The zero-order valence-corrected chi connectivity index (χ0v) is 12.1. The van der Waals surface area contributed by atoms with E-state index in [-0.39, 0.29) is 18.5 Å². The van der Waals surface area contributed by atoms with E-state index in [4.69, 9.17) is 5.11 Å². The van der Waals surface area contributed by atoms with E-state index in [1.54, 1.807) is 6.07 Å². The third-order valence-electron chi connectivity index (χ3n) is 2.95. The molecular formula is C15H15BrFNO. The fraction of sp³-hybridized carbons (Fsp3) is 0.200. The first-order valence-corrected chi connectivity index (χ1v) is 6.80. The minimum absolute atomic E-state index is 0.0250. The van der Waals surface area contributed by atoms with Crippen LogP contribution in [-0.2, 0) is 6.61 Å². The van der Waals surface area contributed by atoms with Gasteiger partial charge in [0.05, 0.1) is 12.6 Å². The molecule has 0 saturated heterocycles. The summed E-state index contributed by atoms with van der Waals surface area (Å²) in [5.74, 6) is -0.235. The number of rotatable bonds is 4. The molecule has 2 aromatic rings. The van der Waals surface area contributed by atoms with Crippen LogP contribution >= 0.6 is 15.9 Å². The molecule has 19 heavy (non-hydrogen) atoms. The normalized spacial score (nSPS) is 12.2. The van der Waals surface area contributed by atoms with Crippen molar-refractivity contribution in [1.82, 2.24) is 0 Å². The molecule has 0 bridgehead atoms. The van der Waals surface area contributed by atoms with Crippen LogP contribution in [0.25, 0.3) is 0 Å². The zero-order valence-electron chi connectivity index (χ0n) is 10.5. The van der Waals surface area contributed by atoms with Crippen molar-refractivity contribution in [2.24, 2.45) is 0 Å². The van der Waals surface area contributed by atoms with Crippen LogP contribution in [0.4, 0.5) is 10.1 Å². The van der Waals surface area contributed by atoms with Crippen LogP contribution < -0.4 is 5.32 Å². The highest BCUT2D eigenvalue weighted by molar-refractivity contribution is 9.10. The fourth-order valence-electron chi connectivity index (χ4n) is 1.89.